The van der Waals surface area contributed by atoms with Gasteiger partial charge in [0, 0.05) is 24.7 Å². The second-order valence-electron chi connectivity index (χ2n) is 6.77. The maximum atomic E-state index is 12.3. The summed E-state index contributed by atoms with van der Waals surface area (Å²) in [6, 6.07) is 9.59. The number of hydrogen-bond donors (Lipinski definition) is 2. The molecule has 2 heterocycles. The van der Waals surface area contributed by atoms with Crippen LogP contribution in [0.25, 0.3) is 0 Å². The molecule has 2 aliphatic heterocycles. The first kappa shape index (κ1) is 19.1. The molecule has 7 nitrogen and oxygen atoms in total. The molecule has 0 aromatic heterocycles. The number of nitrogens with two attached hydrogens (primary N) is 1. The fraction of sp³-hybridized carbons (Fsp3) is 0.632. The van der Waals surface area contributed by atoms with E-state index in [9.17, 15) is 4.79 Å². The number of ether oxygens (including phenoxy) is 3. The van der Waals surface area contributed by atoms with E-state index in [2.05, 4.69) is 5.32 Å². The molecule has 7 heteroatoms. The molecule has 2 saturated heterocycles. The van der Waals surface area contributed by atoms with Crippen LogP contribution < -0.4 is 11.1 Å². The lowest BCUT2D eigenvalue weighted by atomic mass is 9.98. The summed E-state index contributed by atoms with van der Waals surface area (Å²) in [6.07, 6.45) is 1.32. The van der Waals surface area contributed by atoms with Crippen LogP contribution in [0.15, 0.2) is 30.3 Å². The summed E-state index contributed by atoms with van der Waals surface area (Å²) in [5.74, 6) is 0. The lowest BCUT2D eigenvalue weighted by Gasteiger charge is -2.40. The van der Waals surface area contributed by atoms with E-state index in [1.807, 2.05) is 37.3 Å². The zero-order valence-electron chi connectivity index (χ0n) is 15.3. The van der Waals surface area contributed by atoms with Gasteiger partial charge in [0.2, 0.25) is 0 Å². The number of urea groups is 1. The van der Waals surface area contributed by atoms with Crippen LogP contribution in [-0.4, -0.2) is 62.0 Å². The molecule has 0 aliphatic carbocycles. The summed E-state index contributed by atoms with van der Waals surface area (Å²) in [5, 5.41) is 2.85. The average molecular weight is 363 g/mol. The van der Waals surface area contributed by atoms with Crippen LogP contribution in [0.1, 0.15) is 31.6 Å². The number of nitrogens with one attached hydrogen (secondary N) is 1. The van der Waals surface area contributed by atoms with E-state index in [1.165, 1.54) is 0 Å². The van der Waals surface area contributed by atoms with E-state index < -0.39 is 0 Å². The Hall–Kier alpha value is -1.67. The molecule has 2 fully saturated rings. The Kier molecular flexibility index (Phi) is 6.85. The Labute approximate surface area is 154 Å². The second kappa shape index (κ2) is 9.32. The van der Waals surface area contributed by atoms with Crippen molar-refractivity contribution in [1.29, 1.82) is 0 Å². The Morgan fingerprint density at radius 1 is 1.31 bits per heavy atom. The van der Waals surface area contributed by atoms with Gasteiger partial charge in [0.15, 0.2) is 6.29 Å². The molecule has 144 valence electrons. The maximum absolute atomic E-state index is 12.3. The number of benzene rings is 1. The predicted octanol–water partition coefficient (Wildman–Crippen LogP) is 1.64. The van der Waals surface area contributed by atoms with Gasteiger partial charge in [-0.2, -0.15) is 0 Å². The fourth-order valence-electron chi connectivity index (χ4n) is 3.42. The molecule has 0 spiro atoms. The molecule has 0 radical (unpaired) electrons. The molecule has 2 aliphatic rings. The van der Waals surface area contributed by atoms with Crippen molar-refractivity contribution < 1.29 is 19.0 Å². The molecule has 2 amide bonds. The Morgan fingerprint density at radius 2 is 2.04 bits per heavy atom. The van der Waals surface area contributed by atoms with Crippen LogP contribution in [0.4, 0.5) is 4.79 Å². The monoisotopic (exact) mass is 363 g/mol. The SMILES string of the molecule is CCNC(=O)N1CCC[C@H](N)[C@@H]1COC1COC(c2ccccc2)OC1. The highest BCUT2D eigenvalue weighted by atomic mass is 16.7. The first-order chi connectivity index (χ1) is 12.7. The van der Waals surface area contributed by atoms with Gasteiger partial charge in [-0.25, -0.2) is 4.79 Å². The van der Waals surface area contributed by atoms with Crippen molar-refractivity contribution in [3.8, 4) is 0 Å². The third-order valence-corrected chi connectivity index (χ3v) is 4.86. The van der Waals surface area contributed by atoms with Crippen molar-refractivity contribution in [3.63, 3.8) is 0 Å². The standard InChI is InChI=1S/C19H29N3O4/c1-2-21-19(23)22-10-6-9-16(20)17(22)13-24-15-11-25-18(26-12-15)14-7-4-3-5-8-14/h3-5,7-8,15-18H,2,6,9-13,20H2,1H3,(H,21,23)/t15?,16-,17-,18?/m0/s1. The van der Waals surface area contributed by atoms with Gasteiger partial charge in [-0.1, -0.05) is 30.3 Å². The summed E-state index contributed by atoms with van der Waals surface area (Å²) in [4.78, 5) is 14.1. The lowest BCUT2D eigenvalue weighted by Crippen LogP contribution is -2.59. The molecular weight excluding hydrogens is 334 g/mol. The van der Waals surface area contributed by atoms with Crippen molar-refractivity contribution in [2.24, 2.45) is 5.73 Å². The Balaban J connectivity index is 1.49. The molecule has 3 N–H and O–H groups in total. The van der Waals surface area contributed by atoms with Gasteiger partial charge in [0.1, 0.15) is 6.10 Å². The van der Waals surface area contributed by atoms with Crippen LogP contribution in [0.3, 0.4) is 0 Å². The largest absolute Gasteiger partial charge is 0.371 e. The number of piperidine rings is 1. The number of amides is 2. The first-order valence-corrected chi connectivity index (χ1v) is 9.38. The zero-order chi connectivity index (χ0) is 18.4. The Morgan fingerprint density at radius 3 is 2.73 bits per heavy atom. The van der Waals surface area contributed by atoms with Gasteiger partial charge in [-0.05, 0) is 19.8 Å². The Bertz CT molecular complexity index is 563. The van der Waals surface area contributed by atoms with E-state index in [-0.39, 0.29) is 30.5 Å². The molecular formula is C19H29N3O4. The van der Waals surface area contributed by atoms with Crippen molar-refractivity contribution >= 4 is 6.03 Å². The topological polar surface area (TPSA) is 86.1 Å². The number of nitrogens with zero attached hydrogens (tertiary/aromatic N) is 1. The van der Waals surface area contributed by atoms with Crippen molar-refractivity contribution in [1.82, 2.24) is 10.2 Å². The van der Waals surface area contributed by atoms with E-state index in [4.69, 9.17) is 19.9 Å². The zero-order valence-corrected chi connectivity index (χ0v) is 15.3. The van der Waals surface area contributed by atoms with Crippen LogP contribution >= 0.6 is 0 Å². The highest BCUT2D eigenvalue weighted by Gasteiger charge is 2.33. The molecule has 1 aromatic rings. The predicted molar refractivity (Wildman–Crippen MR) is 97.6 cm³/mol. The minimum atomic E-state index is -0.347. The van der Waals surface area contributed by atoms with Gasteiger partial charge in [0.05, 0.1) is 25.9 Å². The normalized spacial score (nSPS) is 29.4. The molecule has 3 rings (SSSR count). The fourth-order valence-corrected chi connectivity index (χ4v) is 3.42. The van der Waals surface area contributed by atoms with Gasteiger partial charge >= 0.3 is 6.03 Å². The lowest BCUT2D eigenvalue weighted by molar-refractivity contribution is -0.232. The summed E-state index contributed by atoms with van der Waals surface area (Å²) in [6.45, 7) is 4.54. The summed E-state index contributed by atoms with van der Waals surface area (Å²) in [5.41, 5.74) is 7.26. The average Bonchev–Trinajstić information content (AvgIpc) is 2.68. The third-order valence-electron chi connectivity index (χ3n) is 4.86. The minimum Gasteiger partial charge on any atom is -0.371 e. The van der Waals surface area contributed by atoms with Gasteiger partial charge in [-0.3, -0.25) is 0 Å². The molecule has 1 aromatic carbocycles. The van der Waals surface area contributed by atoms with E-state index in [0.717, 1.165) is 18.4 Å². The highest BCUT2D eigenvalue weighted by molar-refractivity contribution is 5.74. The van der Waals surface area contributed by atoms with Gasteiger partial charge in [0.25, 0.3) is 0 Å². The molecule has 0 unspecified atom stereocenters. The number of rotatable bonds is 5. The summed E-state index contributed by atoms with van der Waals surface area (Å²) < 4.78 is 17.6. The highest BCUT2D eigenvalue weighted by Crippen LogP contribution is 2.24. The van der Waals surface area contributed by atoms with Crippen molar-refractivity contribution in [2.45, 2.75) is 44.2 Å². The van der Waals surface area contributed by atoms with Crippen LogP contribution in [0, 0.1) is 0 Å². The number of carbonyl (C=O) groups excluding carboxylic acids is 1. The number of hydrogen-bond acceptors (Lipinski definition) is 5. The summed E-state index contributed by atoms with van der Waals surface area (Å²) >= 11 is 0. The number of likely N-dealkylation sites (tertiary alicyclic amines) is 1. The molecule has 0 bridgehead atoms. The van der Waals surface area contributed by atoms with E-state index >= 15 is 0 Å². The second-order valence-corrected chi connectivity index (χ2v) is 6.77. The van der Waals surface area contributed by atoms with E-state index in [0.29, 0.717) is 32.9 Å². The number of carbonyl (C=O) groups is 1. The maximum Gasteiger partial charge on any atom is 0.317 e. The quantitative estimate of drug-likeness (QED) is 0.831. The van der Waals surface area contributed by atoms with E-state index in [1.54, 1.807) is 4.90 Å². The van der Waals surface area contributed by atoms with Crippen LogP contribution in [-0.2, 0) is 14.2 Å². The minimum absolute atomic E-state index is 0.0727. The summed E-state index contributed by atoms with van der Waals surface area (Å²) in [7, 11) is 0. The smallest absolute Gasteiger partial charge is 0.317 e. The van der Waals surface area contributed by atoms with Crippen LogP contribution in [0.5, 0.6) is 0 Å². The molecule has 2 atom stereocenters. The van der Waals surface area contributed by atoms with Crippen molar-refractivity contribution in [2.75, 3.05) is 32.9 Å². The van der Waals surface area contributed by atoms with Crippen molar-refractivity contribution in [3.05, 3.63) is 35.9 Å². The van der Waals surface area contributed by atoms with Gasteiger partial charge < -0.3 is 30.2 Å². The molecule has 0 saturated carbocycles. The third kappa shape index (κ3) is 4.73. The van der Waals surface area contributed by atoms with Gasteiger partial charge in [-0.15, -0.1) is 0 Å². The first-order valence-electron chi connectivity index (χ1n) is 9.38. The van der Waals surface area contributed by atoms with Crippen LogP contribution in [0.2, 0.25) is 0 Å². The molecule has 26 heavy (non-hydrogen) atoms.